The van der Waals surface area contributed by atoms with Crippen LogP contribution >= 0.6 is 15.9 Å². The Balaban J connectivity index is 1.80. The number of amides is 2. The van der Waals surface area contributed by atoms with Crippen molar-refractivity contribution in [3.05, 3.63) is 58.6 Å². The number of halogens is 1. The van der Waals surface area contributed by atoms with Gasteiger partial charge in [0, 0.05) is 28.6 Å². The number of ether oxygens (including phenoxy) is 1. The summed E-state index contributed by atoms with van der Waals surface area (Å²) >= 11 is 3.39. The zero-order chi connectivity index (χ0) is 18.8. The number of rotatable bonds is 8. The predicted molar refractivity (Wildman–Crippen MR) is 105 cm³/mol. The number of para-hydroxylation sites is 1. The molecule has 0 fully saturated rings. The maximum Gasteiger partial charge on any atom is 0.240 e. The van der Waals surface area contributed by atoms with Gasteiger partial charge in [0.05, 0.1) is 12.8 Å². The zero-order valence-corrected chi connectivity index (χ0v) is 16.0. The second-order valence-electron chi connectivity index (χ2n) is 5.32. The number of hydrazone groups is 1. The van der Waals surface area contributed by atoms with Crippen molar-refractivity contribution in [2.45, 2.75) is 19.8 Å². The van der Waals surface area contributed by atoms with Gasteiger partial charge in [0.25, 0.3) is 0 Å². The minimum atomic E-state index is -0.336. The fourth-order valence-electron chi connectivity index (χ4n) is 2.11. The predicted octanol–water partition coefficient (Wildman–Crippen LogP) is 3.72. The number of hydrogen-bond acceptors (Lipinski definition) is 4. The normalized spacial score (nSPS) is 10.5. The van der Waals surface area contributed by atoms with Crippen molar-refractivity contribution in [2.24, 2.45) is 5.10 Å². The van der Waals surface area contributed by atoms with E-state index in [9.17, 15) is 9.59 Å². The summed E-state index contributed by atoms with van der Waals surface area (Å²) in [6.45, 7) is 2.43. The number of carbonyl (C=O) groups is 2. The third-order valence-electron chi connectivity index (χ3n) is 3.30. The molecule has 0 spiro atoms. The Hall–Kier alpha value is -2.67. The molecule has 0 heterocycles. The molecule has 2 N–H and O–H groups in total. The van der Waals surface area contributed by atoms with Crippen molar-refractivity contribution in [2.75, 3.05) is 11.9 Å². The van der Waals surface area contributed by atoms with Crippen molar-refractivity contribution >= 4 is 39.6 Å². The summed E-state index contributed by atoms with van der Waals surface area (Å²) in [5.74, 6) is 0.120. The molecule has 0 aromatic heterocycles. The van der Waals surface area contributed by atoms with E-state index in [1.165, 1.54) is 6.21 Å². The highest BCUT2D eigenvalue weighted by molar-refractivity contribution is 9.10. The molecule has 26 heavy (non-hydrogen) atoms. The molecule has 0 aliphatic rings. The third-order valence-corrected chi connectivity index (χ3v) is 3.79. The number of benzene rings is 2. The van der Waals surface area contributed by atoms with E-state index < -0.39 is 0 Å². The van der Waals surface area contributed by atoms with Crippen LogP contribution in [-0.2, 0) is 9.59 Å². The molecule has 0 saturated carbocycles. The summed E-state index contributed by atoms with van der Waals surface area (Å²) in [6, 6.07) is 14.6. The van der Waals surface area contributed by atoms with Crippen LogP contribution < -0.4 is 15.5 Å². The van der Waals surface area contributed by atoms with Crippen molar-refractivity contribution in [1.82, 2.24) is 5.43 Å². The summed E-state index contributed by atoms with van der Waals surface area (Å²) in [7, 11) is 0. The lowest BCUT2D eigenvalue weighted by atomic mass is 10.2. The topological polar surface area (TPSA) is 79.8 Å². The highest BCUT2D eigenvalue weighted by atomic mass is 79.9. The molecule has 2 rings (SSSR count). The number of nitrogens with zero attached hydrogens (tertiary/aromatic N) is 1. The Bertz CT molecular complexity index is 779. The number of carbonyl (C=O) groups excluding carboxylic acids is 2. The van der Waals surface area contributed by atoms with Crippen LogP contribution in [0.2, 0.25) is 0 Å². The molecule has 6 nitrogen and oxygen atoms in total. The standard InChI is InChI=1S/C19H20BrN3O3/c1-2-26-17-9-8-15(20)12-14(17)13-21-23-19(25)11-10-18(24)22-16-6-4-3-5-7-16/h3-9,12-13H,2,10-11H2,1H3,(H,22,24)(H,23,25). The van der Waals surface area contributed by atoms with Crippen LogP contribution in [0, 0.1) is 0 Å². The summed E-state index contributed by atoms with van der Waals surface area (Å²) in [5.41, 5.74) is 3.86. The van der Waals surface area contributed by atoms with Crippen LogP contribution in [0.5, 0.6) is 5.75 Å². The minimum Gasteiger partial charge on any atom is -0.493 e. The molecule has 7 heteroatoms. The van der Waals surface area contributed by atoms with Gasteiger partial charge in [-0.3, -0.25) is 9.59 Å². The first-order chi connectivity index (χ1) is 12.6. The van der Waals surface area contributed by atoms with Gasteiger partial charge in [0.1, 0.15) is 5.75 Å². The van der Waals surface area contributed by atoms with E-state index in [0.29, 0.717) is 18.0 Å². The molecular formula is C19H20BrN3O3. The van der Waals surface area contributed by atoms with Crippen molar-refractivity contribution in [1.29, 1.82) is 0 Å². The zero-order valence-electron chi connectivity index (χ0n) is 14.4. The third kappa shape index (κ3) is 6.68. The van der Waals surface area contributed by atoms with Crippen LogP contribution in [-0.4, -0.2) is 24.6 Å². The van der Waals surface area contributed by atoms with E-state index in [1.54, 1.807) is 12.1 Å². The average molecular weight is 418 g/mol. The molecule has 2 aromatic rings. The molecule has 0 atom stereocenters. The lowest BCUT2D eigenvalue weighted by Crippen LogP contribution is -2.20. The lowest BCUT2D eigenvalue weighted by Gasteiger charge is -2.07. The monoisotopic (exact) mass is 417 g/mol. The van der Waals surface area contributed by atoms with E-state index in [0.717, 1.165) is 10.0 Å². The average Bonchev–Trinajstić information content (AvgIpc) is 2.63. The molecule has 0 aliphatic carbocycles. The van der Waals surface area contributed by atoms with Gasteiger partial charge in [-0.15, -0.1) is 0 Å². The van der Waals surface area contributed by atoms with Gasteiger partial charge in [-0.25, -0.2) is 5.43 Å². The second-order valence-corrected chi connectivity index (χ2v) is 6.24. The SMILES string of the molecule is CCOc1ccc(Br)cc1C=NNC(=O)CCC(=O)Nc1ccccc1. The van der Waals surface area contributed by atoms with E-state index in [2.05, 4.69) is 31.8 Å². The van der Waals surface area contributed by atoms with Gasteiger partial charge in [0.15, 0.2) is 0 Å². The van der Waals surface area contributed by atoms with Gasteiger partial charge in [0.2, 0.25) is 11.8 Å². The molecule has 0 aliphatic heterocycles. The number of nitrogens with one attached hydrogen (secondary N) is 2. The van der Waals surface area contributed by atoms with Gasteiger partial charge in [-0.1, -0.05) is 34.1 Å². The van der Waals surface area contributed by atoms with Gasteiger partial charge >= 0.3 is 0 Å². The maximum absolute atomic E-state index is 11.8. The summed E-state index contributed by atoms with van der Waals surface area (Å²) in [5, 5.41) is 6.66. The first-order valence-corrected chi connectivity index (χ1v) is 8.97. The van der Waals surface area contributed by atoms with E-state index in [-0.39, 0.29) is 24.7 Å². The second kappa shape index (κ2) is 10.4. The minimum absolute atomic E-state index is 0.0484. The smallest absolute Gasteiger partial charge is 0.240 e. The Kier molecular flexibility index (Phi) is 7.82. The Morgan fingerprint density at radius 2 is 1.85 bits per heavy atom. The van der Waals surface area contributed by atoms with Crippen LogP contribution in [0.1, 0.15) is 25.3 Å². The fourth-order valence-corrected chi connectivity index (χ4v) is 2.49. The quantitative estimate of drug-likeness (QED) is 0.507. The van der Waals surface area contributed by atoms with Crippen LogP contribution in [0.3, 0.4) is 0 Å². The molecule has 0 unspecified atom stereocenters. The van der Waals surface area contributed by atoms with E-state index >= 15 is 0 Å². The molecule has 0 bridgehead atoms. The molecule has 2 aromatic carbocycles. The summed E-state index contributed by atoms with van der Waals surface area (Å²) in [4.78, 5) is 23.6. The number of anilines is 1. The highest BCUT2D eigenvalue weighted by Crippen LogP contribution is 2.21. The molecule has 0 radical (unpaired) electrons. The first kappa shape index (κ1) is 19.7. The van der Waals surface area contributed by atoms with Gasteiger partial charge < -0.3 is 10.1 Å². The van der Waals surface area contributed by atoms with Gasteiger partial charge in [-0.2, -0.15) is 5.10 Å². The summed E-state index contributed by atoms with van der Waals surface area (Å²) < 4.78 is 6.39. The maximum atomic E-state index is 11.8. The Morgan fingerprint density at radius 1 is 1.12 bits per heavy atom. The molecule has 2 amide bonds. The number of hydrogen-bond donors (Lipinski definition) is 2. The Labute approximate surface area is 160 Å². The molecular weight excluding hydrogens is 398 g/mol. The molecule has 136 valence electrons. The van der Waals surface area contributed by atoms with Crippen molar-refractivity contribution in [3.63, 3.8) is 0 Å². The highest BCUT2D eigenvalue weighted by Gasteiger charge is 2.07. The van der Waals surface area contributed by atoms with Crippen LogP contribution in [0.4, 0.5) is 5.69 Å². The van der Waals surface area contributed by atoms with Crippen LogP contribution in [0.15, 0.2) is 58.1 Å². The van der Waals surface area contributed by atoms with Crippen LogP contribution in [0.25, 0.3) is 0 Å². The van der Waals surface area contributed by atoms with Crippen molar-refractivity contribution < 1.29 is 14.3 Å². The fraction of sp³-hybridized carbons (Fsp3) is 0.211. The lowest BCUT2D eigenvalue weighted by molar-refractivity contribution is -0.124. The van der Waals surface area contributed by atoms with E-state index in [1.807, 2.05) is 43.3 Å². The van der Waals surface area contributed by atoms with Crippen molar-refractivity contribution in [3.8, 4) is 5.75 Å². The largest absolute Gasteiger partial charge is 0.493 e. The Morgan fingerprint density at radius 3 is 2.58 bits per heavy atom. The van der Waals surface area contributed by atoms with Gasteiger partial charge in [-0.05, 0) is 37.3 Å². The molecule has 0 saturated heterocycles. The summed E-state index contributed by atoms with van der Waals surface area (Å²) in [6.07, 6.45) is 1.64. The first-order valence-electron chi connectivity index (χ1n) is 8.17. The van der Waals surface area contributed by atoms with E-state index in [4.69, 9.17) is 4.74 Å².